The van der Waals surface area contributed by atoms with Crippen LogP contribution in [0.15, 0.2) is 36.4 Å². The molecule has 0 aliphatic rings. The van der Waals surface area contributed by atoms with Crippen LogP contribution in [0.4, 0.5) is 10.1 Å². The Morgan fingerprint density at radius 1 is 1.09 bits per heavy atom. The van der Waals surface area contributed by atoms with Gasteiger partial charge in [-0.25, -0.2) is 4.39 Å². The van der Waals surface area contributed by atoms with Gasteiger partial charge >= 0.3 is 0 Å². The number of hydrogen-bond acceptors (Lipinski definition) is 3. The summed E-state index contributed by atoms with van der Waals surface area (Å²) in [7, 11) is 0. The second kappa shape index (κ2) is 7.83. The maximum Gasteiger partial charge on any atom is 0.255 e. The molecule has 0 saturated heterocycles. The fourth-order valence-corrected chi connectivity index (χ4v) is 2.15. The molecule has 0 saturated carbocycles. The first-order chi connectivity index (χ1) is 11.0. The highest BCUT2D eigenvalue weighted by Gasteiger charge is 2.12. The molecule has 0 atom stereocenters. The number of ether oxygens (including phenoxy) is 2. The van der Waals surface area contributed by atoms with Crippen LogP contribution in [0, 0.1) is 5.82 Å². The van der Waals surface area contributed by atoms with Gasteiger partial charge in [0.15, 0.2) is 11.5 Å². The summed E-state index contributed by atoms with van der Waals surface area (Å²) in [6.07, 6.45) is 0. The number of anilines is 1. The molecule has 122 valence electrons. The smallest absolute Gasteiger partial charge is 0.255 e. The summed E-state index contributed by atoms with van der Waals surface area (Å²) in [5, 5.41) is 2.61. The Morgan fingerprint density at radius 2 is 1.78 bits per heavy atom. The molecule has 4 nitrogen and oxygen atoms in total. The summed E-state index contributed by atoms with van der Waals surface area (Å²) in [6.45, 7) is 4.68. The van der Waals surface area contributed by atoms with E-state index >= 15 is 0 Å². The largest absolute Gasteiger partial charge is 0.490 e. The van der Waals surface area contributed by atoms with Crippen molar-refractivity contribution in [1.82, 2.24) is 0 Å². The van der Waals surface area contributed by atoms with E-state index in [1.807, 2.05) is 13.8 Å². The minimum Gasteiger partial charge on any atom is -0.490 e. The zero-order valence-corrected chi connectivity index (χ0v) is 13.6. The first-order valence-corrected chi connectivity index (χ1v) is 7.59. The van der Waals surface area contributed by atoms with Gasteiger partial charge in [0.1, 0.15) is 5.82 Å². The lowest BCUT2D eigenvalue weighted by atomic mass is 10.1. The highest BCUT2D eigenvalue weighted by atomic mass is 35.5. The van der Waals surface area contributed by atoms with Gasteiger partial charge in [-0.15, -0.1) is 0 Å². The Balaban J connectivity index is 2.21. The minimum atomic E-state index is -0.538. The van der Waals surface area contributed by atoms with Crippen LogP contribution in [0.3, 0.4) is 0 Å². The Labute approximate surface area is 139 Å². The molecule has 0 fully saturated rings. The maximum atomic E-state index is 13.1. The van der Waals surface area contributed by atoms with E-state index in [-0.39, 0.29) is 10.9 Å². The number of amides is 1. The number of benzene rings is 2. The van der Waals surface area contributed by atoms with Crippen molar-refractivity contribution < 1.29 is 18.7 Å². The van der Waals surface area contributed by atoms with E-state index in [0.29, 0.717) is 36.0 Å². The fraction of sp³-hybridized carbons (Fsp3) is 0.235. The fourth-order valence-electron chi connectivity index (χ4n) is 1.97. The molecule has 2 rings (SSSR count). The first-order valence-electron chi connectivity index (χ1n) is 7.21. The lowest BCUT2D eigenvalue weighted by Gasteiger charge is -2.12. The average Bonchev–Trinajstić information content (AvgIpc) is 2.53. The van der Waals surface area contributed by atoms with Gasteiger partial charge in [0, 0.05) is 11.3 Å². The molecule has 1 amide bonds. The summed E-state index contributed by atoms with van der Waals surface area (Å²) in [5.41, 5.74) is 0.811. The Kier molecular flexibility index (Phi) is 5.82. The Bertz CT molecular complexity index is 706. The summed E-state index contributed by atoms with van der Waals surface area (Å²) < 4.78 is 24.1. The molecule has 23 heavy (non-hydrogen) atoms. The van der Waals surface area contributed by atoms with E-state index in [9.17, 15) is 9.18 Å². The minimum absolute atomic E-state index is 0.0514. The van der Waals surface area contributed by atoms with Crippen molar-refractivity contribution in [2.45, 2.75) is 13.8 Å². The van der Waals surface area contributed by atoms with Crippen LogP contribution in [-0.2, 0) is 0 Å². The van der Waals surface area contributed by atoms with Gasteiger partial charge in [-0.05, 0) is 50.2 Å². The molecule has 0 unspecified atom stereocenters. The highest BCUT2D eigenvalue weighted by Crippen LogP contribution is 2.29. The quantitative estimate of drug-likeness (QED) is 0.842. The number of carbonyl (C=O) groups is 1. The standard InChI is InChI=1S/C17H17ClFNO3/c1-3-22-15-8-5-11(9-16(15)23-4-2)17(21)20-12-6-7-14(19)13(18)10-12/h5-10H,3-4H2,1-2H3,(H,20,21). The lowest BCUT2D eigenvalue weighted by molar-refractivity contribution is 0.102. The second-order valence-electron chi connectivity index (χ2n) is 4.61. The van der Waals surface area contributed by atoms with Gasteiger partial charge in [-0.1, -0.05) is 11.6 Å². The number of nitrogens with one attached hydrogen (secondary N) is 1. The van der Waals surface area contributed by atoms with Gasteiger partial charge in [-0.3, -0.25) is 4.79 Å². The van der Waals surface area contributed by atoms with Crippen LogP contribution in [0.5, 0.6) is 11.5 Å². The predicted molar refractivity (Wildman–Crippen MR) is 88.1 cm³/mol. The van der Waals surface area contributed by atoms with Crippen molar-refractivity contribution in [3.63, 3.8) is 0 Å². The number of hydrogen-bond donors (Lipinski definition) is 1. The van der Waals surface area contributed by atoms with Crippen LogP contribution < -0.4 is 14.8 Å². The van der Waals surface area contributed by atoms with E-state index in [2.05, 4.69) is 5.32 Å². The number of rotatable bonds is 6. The number of halogens is 2. The molecule has 0 aliphatic heterocycles. The maximum absolute atomic E-state index is 13.1. The molecule has 1 N–H and O–H groups in total. The van der Waals surface area contributed by atoms with Gasteiger partial charge in [0.25, 0.3) is 5.91 Å². The van der Waals surface area contributed by atoms with E-state index in [1.54, 1.807) is 18.2 Å². The van der Waals surface area contributed by atoms with Crippen LogP contribution in [0.25, 0.3) is 0 Å². The molecule has 0 aliphatic carbocycles. The molecule has 0 heterocycles. The van der Waals surface area contributed by atoms with Crippen molar-refractivity contribution in [2.24, 2.45) is 0 Å². The van der Waals surface area contributed by atoms with E-state index in [0.717, 1.165) is 0 Å². The van der Waals surface area contributed by atoms with Gasteiger partial charge in [0.05, 0.1) is 18.2 Å². The SMILES string of the molecule is CCOc1ccc(C(=O)Nc2ccc(F)c(Cl)c2)cc1OCC. The van der Waals surface area contributed by atoms with Crippen LogP contribution in [0.1, 0.15) is 24.2 Å². The van der Waals surface area contributed by atoms with Crippen molar-refractivity contribution in [2.75, 3.05) is 18.5 Å². The third kappa shape index (κ3) is 4.36. The van der Waals surface area contributed by atoms with Gasteiger partial charge in [-0.2, -0.15) is 0 Å². The van der Waals surface area contributed by atoms with Crippen molar-refractivity contribution >= 4 is 23.2 Å². The molecular formula is C17H17ClFNO3. The summed E-state index contributed by atoms with van der Waals surface area (Å²) >= 11 is 5.70. The Hall–Kier alpha value is -2.27. The van der Waals surface area contributed by atoms with E-state index < -0.39 is 5.82 Å². The number of carbonyl (C=O) groups excluding carboxylic acids is 1. The molecule has 6 heteroatoms. The Morgan fingerprint density at radius 3 is 2.43 bits per heavy atom. The zero-order chi connectivity index (χ0) is 16.8. The third-order valence-electron chi connectivity index (χ3n) is 2.98. The topological polar surface area (TPSA) is 47.6 Å². The van der Waals surface area contributed by atoms with Crippen molar-refractivity contribution in [3.05, 3.63) is 52.8 Å². The monoisotopic (exact) mass is 337 g/mol. The summed E-state index contributed by atoms with van der Waals surface area (Å²) in [4.78, 5) is 12.3. The average molecular weight is 338 g/mol. The molecule has 0 radical (unpaired) electrons. The summed E-state index contributed by atoms with van der Waals surface area (Å²) in [6, 6.07) is 8.91. The van der Waals surface area contributed by atoms with Crippen molar-refractivity contribution in [1.29, 1.82) is 0 Å². The predicted octanol–water partition coefficient (Wildman–Crippen LogP) is 4.53. The van der Waals surface area contributed by atoms with Crippen LogP contribution in [-0.4, -0.2) is 19.1 Å². The van der Waals surface area contributed by atoms with Crippen LogP contribution >= 0.6 is 11.6 Å². The first kappa shape index (κ1) is 17.1. The van der Waals surface area contributed by atoms with Gasteiger partial charge in [0.2, 0.25) is 0 Å². The molecule has 0 bridgehead atoms. The normalized spacial score (nSPS) is 10.3. The summed E-state index contributed by atoms with van der Waals surface area (Å²) in [5.74, 6) is 0.191. The third-order valence-corrected chi connectivity index (χ3v) is 3.27. The second-order valence-corrected chi connectivity index (χ2v) is 5.02. The molecule has 2 aromatic rings. The van der Waals surface area contributed by atoms with Crippen LogP contribution in [0.2, 0.25) is 5.02 Å². The van der Waals surface area contributed by atoms with Gasteiger partial charge < -0.3 is 14.8 Å². The lowest BCUT2D eigenvalue weighted by Crippen LogP contribution is -2.12. The zero-order valence-electron chi connectivity index (χ0n) is 12.9. The van der Waals surface area contributed by atoms with E-state index in [1.165, 1.54) is 18.2 Å². The molecule has 0 aromatic heterocycles. The van der Waals surface area contributed by atoms with E-state index in [4.69, 9.17) is 21.1 Å². The van der Waals surface area contributed by atoms with Crippen molar-refractivity contribution in [3.8, 4) is 11.5 Å². The molecular weight excluding hydrogens is 321 g/mol. The molecule has 2 aromatic carbocycles. The molecule has 0 spiro atoms. The highest BCUT2D eigenvalue weighted by molar-refractivity contribution is 6.31.